The van der Waals surface area contributed by atoms with Crippen molar-refractivity contribution in [3.8, 4) is 5.75 Å². The van der Waals surface area contributed by atoms with Gasteiger partial charge in [-0.2, -0.15) is 0 Å². The van der Waals surface area contributed by atoms with Gasteiger partial charge in [0.1, 0.15) is 10.6 Å². The van der Waals surface area contributed by atoms with Crippen molar-refractivity contribution >= 4 is 21.7 Å². The van der Waals surface area contributed by atoms with Gasteiger partial charge in [0.05, 0.1) is 18.8 Å². The van der Waals surface area contributed by atoms with Crippen molar-refractivity contribution in [2.45, 2.75) is 36.6 Å². The van der Waals surface area contributed by atoms with Gasteiger partial charge in [-0.15, -0.1) is 0 Å². The Hall–Kier alpha value is -1.76. The molecular formula is C13H17N3O3S. The molecule has 20 heavy (non-hydrogen) atoms. The molecule has 1 aromatic carbocycles. The SMILES string of the molecule is COc1ccc2c(c1)S(=O)(=O)NC(=NC1CCCC1)N2. The average molecular weight is 295 g/mol. The monoisotopic (exact) mass is 295 g/mol. The van der Waals surface area contributed by atoms with Gasteiger partial charge >= 0.3 is 0 Å². The largest absolute Gasteiger partial charge is 0.497 e. The van der Waals surface area contributed by atoms with Crippen LogP contribution in [0.15, 0.2) is 28.1 Å². The normalized spacial score (nSPS) is 22.9. The Bertz CT molecular complexity index is 649. The molecule has 7 heteroatoms. The highest BCUT2D eigenvalue weighted by Crippen LogP contribution is 2.29. The minimum Gasteiger partial charge on any atom is -0.497 e. The van der Waals surface area contributed by atoms with Crippen LogP contribution < -0.4 is 14.8 Å². The number of nitrogens with zero attached hydrogens (tertiary/aromatic N) is 1. The fraction of sp³-hybridized carbons (Fsp3) is 0.462. The van der Waals surface area contributed by atoms with Crippen molar-refractivity contribution in [2.24, 2.45) is 4.99 Å². The standard InChI is InChI=1S/C13H17N3O3S/c1-19-10-6-7-11-12(8-10)20(17,18)16-13(15-11)14-9-4-2-3-5-9/h6-9H,2-5H2,1H3,(H2,14,15,16). The van der Waals surface area contributed by atoms with Gasteiger partial charge < -0.3 is 10.1 Å². The van der Waals surface area contributed by atoms with E-state index < -0.39 is 10.0 Å². The number of ether oxygens (including phenoxy) is 1. The summed E-state index contributed by atoms with van der Waals surface area (Å²) in [6.07, 6.45) is 4.34. The van der Waals surface area contributed by atoms with E-state index in [0.717, 1.165) is 25.7 Å². The number of nitrogens with one attached hydrogen (secondary N) is 2. The zero-order chi connectivity index (χ0) is 14.2. The predicted octanol–water partition coefficient (Wildman–Crippen LogP) is 1.70. The highest BCUT2D eigenvalue weighted by Gasteiger charge is 2.28. The molecule has 1 fully saturated rings. The minimum atomic E-state index is -3.59. The third-order valence-corrected chi connectivity index (χ3v) is 4.98. The molecule has 3 rings (SSSR count). The van der Waals surface area contributed by atoms with E-state index in [1.165, 1.54) is 13.2 Å². The van der Waals surface area contributed by atoms with E-state index in [2.05, 4.69) is 15.0 Å². The molecule has 1 heterocycles. The van der Waals surface area contributed by atoms with Crippen LogP contribution in [0.1, 0.15) is 25.7 Å². The summed E-state index contributed by atoms with van der Waals surface area (Å²) in [5, 5.41) is 3.03. The van der Waals surface area contributed by atoms with E-state index >= 15 is 0 Å². The number of aliphatic imine (C=N–C) groups is 1. The molecule has 1 aliphatic heterocycles. The first-order valence-electron chi connectivity index (χ1n) is 6.64. The van der Waals surface area contributed by atoms with Crippen LogP contribution in [0.5, 0.6) is 5.75 Å². The van der Waals surface area contributed by atoms with Crippen LogP contribution in [-0.4, -0.2) is 27.5 Å². The Morgan fingerprint density at radius 2 is 2.05 bits per heavy atom. The van der Waals surface area contributed by atoms with Gasteiger partial charge in [0, 0.05) is 6.07 Å². The third-order valence-electron chi connectivity index (χ3n) is 3.60. The molecule has 1 saturated carbocycles. The highest BCUT2D eigenvalue weighted by molar-refractivity contribution is 7.90. The Kier molecular flexibility index (Phi) is 3.29. The maximum Gasteiger partial charge on any atom is 0.266 e. The van der Waals surface area contributed by atoms with Gasteiger partial charge in [0.25, 0.3) is 10.0 Å². The van der Waals surface area contributed by atoms with Crippen LogP contribution in [-0.2, 0) is 10.0 Å². The summed E-state index contributed by atoms with van der Waals surface area (Å²) in [5.41, 5.74) is 0.529. The minimum absolute atomic E-state index is 0.183. The first-order valence-corrected chi connectivity index (χ1v) is 8.12. The fourth-order valence-electron chi connectivity index (χ4n) is 2.57. The molecule has 1 aromatic rings. The van der Waals surface area contributed by atoms with Gasteiger partial charge in [-0.1, -0.05) is 12.8 Å². The summed E-state index contributed by atoms with van der Waals surface area (Å²) in [6, 6.07) is 5.12. The lowest BCUT2D eigenvalue weighted by Gasteiger charge is -2.22. The smallest absolute Gasteiger partial charge is 0.266 e. The number of fused-ring (bicyclic) bond motifs is 1. The van der Waals surface area contributed by atoms with Crippen molar-refractivity contribution < 1.29 is 13.2 Å². The quantitative estimate of drug-likeness (QED) is 0.870. The number of rotatable bonds is 2. The molecule has 0 aromatic heterocycles. The molecule has 1 aliphatic carbocycles. The van der Waals surface area contributed by atoms with Gasteiger partial charge in [-0.3, -0.25) is 0 Å². The van der Waals surface area contributed by atoms with Crippen LogP contribution >= 0.6 is 0 Å². The molecule has 0 bridgehead atoms. The van der Waals surface area contributed by atoms with Crippen molar-refractivity contribution in [1.29, 1.82) is 0 Å². The molecule has 2 aliphatic rings. The van der Waals surface area contributed by atoms with Crippen LogP contribution in [0.4, 0.5) is 5.69 Å². The lowest BCUT2D eigenvalue weighted by molar-refractivity contribution is 0.413. The van der Waals surface area contributed by atoms with Crippen LogP contribution in [0, 0.1) is 0 Å². The number of methoxy groups -OCH3 is 1. The second-order valence-corrected chi connectivity index (χ2v) is 6.66. The van der Waals surface area contributed by atoms with Crippen molar-refractivity contribution in [1.82, 2.24) is 4.72 Å². The van der Waals surface area contributed by atoms with E-state index in [1.54, 1.807) is 12.1 Å². The molecule has 0 amide bonds. The molecular weight excluding hydrogens is 278 g/mol. The van der Waals surface area contributed by atoms with E-state index in [-0.39, 0.29) is 10.9 Å². The predicted molar refractivity (Wildman–Crippen MR) is 76.6 cm³/mol. The second kappa shape index (κ2) is 4.97. The third kappa shape index (κ3) is 2.45. The number of guanidine groups is 1. The summed E-state index contributed by atoms with van der Waals surface area (Å²) in [6.45, 7) is 0. The molecule has 0 unspecified atom stereocenters. The molecule has 0 radical (unpaired) electrons. The number of sulfonamides is 1. The average Bonchev–Trinajstić information content (AvgIpc) is 2.90. The zero-order valence-electron chi connectivity index (χ0n) is 11.2. The summed E-state index contributed by atoms with van der Waals surface area (Å²) < 4.78 is 32.0. The zero-order valence-corrected chi connectivity index (χ0v) is 12.0. The summed E-state index contributed by atoms with van der Waals surface area (Å²) in [7, 11) is -2.08. The van der Waals surface area contributed by atoms with E-state index in [1.807, 2.05) is 0 Å². The van der Waals surface area contributed by atoms with Crippen molar-refractivity contribution in [3.05, 3.63) is 18.2 Å². The summed E-state index contributed by atoms with van der Waals surface area (Å²) >= 11 is 0. The Balaban J connectivity index is 1.95. The number of hydrogen-bond donors (Lipinski definition) is 2. The highest BCUT2D eigenvalue weighted by atomic mass is 32.2. The van der Waals surface area contributed by atoms with Gasteiger partial charge in [0.2, 0.25) is 5.96 Å². The lowest BCUT2D eigenvalue weighted by Crippen LogP contribution is -2.41. The van der Waals surface area contributed by atoms with E-state index in [9.17, 15) is 8.42 Å². The van der Waals surface area contributed by atoms with Crippen LogP contribution in [0.3, 0.4) is 0 Å². The van der Waals surface area contributed by atoms with Gasteiger partial charge in [-0.25, -0.2) is 18.1 Å². The Labute approximate surface area is 118 Å². The maximum atomic E-state index is 12.2. The van der Waals surface area contributed by atoms with E-state index in [0.29, 0.717) is 17.4 Å². The fourth-order valence-corrected chi connectivity index (χ4v) is 3.71. The Morgan fingerprint density at radius 3 is 2.75 bits per heavy atom. The maximum absolute atomic E-state index is 12.2. The molecule has 2 N–H and O–H groups in total. The first kappa shape index (κ1) is 13.2. The van der Waals surface area contributed by atoms with E-state index in [4.69, 9.17) is 4.74 Å². The van der Waals surface area contributed by atoms with Crippen molar-refractivity contribution in [2.75, 3.05) is 12.4 Å². The molecule has 0 atom stereocenters. The summed E-state index contributed by atoms with van der Waals surface area (Å²) in [5.74, 6) is 0.821. The number of anilines is 1. The first-order chi connectivity index (χ1) is 9.58. The molecule has 0 saturated heterocycles. The van der Waals surface area contributed by atoms with Crippen molar-refractivity contribution in [3.63, 3.8) is 0 Å². The lowest BCUT2D eigenvalue weighted by atomic mass is 10.3. The Morgan fingerprint density at radius 1 is 1.30 bits per heavy atom. The molecule has 108 valence electrons. The molecule has 6 nitrogen and oxygen atoms in total. The topological polar surface area (TPSA) is 79.8 Å². The van der Waals surface area contributed by atoms with Crippen LogP contribution in [0.25, 0.3) is 0 Å². The van der Waals surface area contributed by atoms with Crippen LogP contribution in [0.2, 0.25) is 0 Å². The number of hydrogen-bond acceptors (Lipinski definition) is 4. The summed E-state index contributed by atoms with van der Waals surface area (Å²) in [4.78, 5) is 4.64. The second-order valence-electron chi connectivity index (χ2n) is 5.01. The number of benzene rings is 1. The van der Waals surface area contributed by atoms with Gasteiger partial charge in [-0.05, 0) is 25.0 Å². The molecule has 0 spiro atoms. The van der Waals surface area contributed by atoms with Gasteiger partial charge in [0.15, 0.2) is 0 Å².